The molecule has 0 fully saturated rings. The first-order valence-corrected chi connectivity index (χ1v) is 1.82. The molecule has 0 aliphatic rings. The van der Waals surface area contributed by atoms with E-state index in [1.54, 1.807) is 0 Å². The van der Waals surface area contributed by atoms with Crippen molar-refractivity contribution in [3.63, 3.8) is 0 Å². The molecule has 0 aliphatic carbocycles. The Kier molecular flexibility index (Phi) is 10200. The van der Waals surface area contributed by atoms with E-state index in [9.17, 15) is 0 Å². The summed E-state index contributed by atoms with van der Waals surface area (Å²) >= 11 is 2.90. The summed E-state index contributed by atoms with van der Waals surface area (Å²) in [4.78, 5) is 45.9. The average Bonchev–Trinajstić information content (AvgIpc) is 2.32. The van der Waals surface area contributed by atoms with Crippen LogP contribution in [0.2, 0.25) is 0 Å². The first-order chi connectivity index (χ1) is 6.41. The van der Waals surface area contributed by atoms with Crippen LogP contribution in [-0.4, -0.2) is 33.9 Å². The van der Waals surface area contributed by atoms with Crippen molar-refractivity contribution in [1.82, 2.24) is 0 Å². The van der Waals surface area contributed by atoms with Gasteiger partial charge in [0.15, 0.2) is 0 Å². The molecule has 0 bridgehead atoms. The van der Waals surface area contributed by atoms with Crippen LogP contribution >= 0.6 is 0 Å². The molecule has 0 aromatic rings. The van der Waals surface area contributed by atoms with Gasteiger partial charge >= 0.3 is 25.1 Å². The van der Waals surface area contributed by atoms with E-state index in [2.05, 4.69) is 49.9 Å². The molecule has 0 N–H and O–H groups in total. The van der Waals surface area contributed by atoms with Gasteiger partial charge in [-0.2, -0.15) is 0 Å². The summed E-state index contributed by atoms with van der Waals surface area (Å²) in [6.07, 6.45) is 0. The predicted molar refractivity (Wildman–Crippen MR) is 34.3 cm³/mol. The molecule has 0 aliphatic heterocycles. The van der Waals surface area contributed by atoms with Crippen LogP contribution in [0.15, 0.2) is 4.23 Å². The van der Waals surface area contributed by atoms with Crippen molar-refractivity contribution >= 4 is 33.9 Å². The van der Waals surface area contributed by atoms with Gasteiger partial charge in [0.25, 0.3) is 33.9 Å². The van der Waals surface area contributed by atoms with Crippen LogP contribution in [0.4, 0.5) is 0 Å². The summed E-state index contributed by atoms with van der Waals surface area (Å²) in [5.41, 5.74) is 0. The van der Waals surface area contributed by atoms with E-state index in [4.69, 9.17) is 28.9 Å². The number of hydrogen-bond acceptors (Lipinski definition) is 7. The van der Waals surface area contributed by atoms with Crippen LogP contribution in [0, 0.1) is 4.91 Å². The minimum absolute atomic E-state index is 1.94. The quantitative estimate of drug-likeness (QED) is 0.454. The first kappa shape index (κ1) is 42.1. The number of nitroso groups, excluding NO2 is 1. The summed E-state index contributed by atoms with van der Waals surface area (Å²) in [5.74, 6) is 0. The van der Waals surface area contributed by atoms with Gasteiger partial charge in [-0.25, -0.2) is 0 Å². The van der Waals surface area contributed by atoms with E-state index in [0.29, 0.717) is 0 Å². The molecule has 0 spiro atoms. The second-order valence-electron chi connectivity index (χ2n) is 0.0609. The van der Waals surface area contributed by atoms with Crippen molar-refractivity contribution in [2.45, 2.75) is 0 Å². The molecule has 7 nitrogen and oxygen atoms in total. The van der Waals surface area contributed by atoms with E-state index in [0.717, 1.165) is 0 Å². The van der Waals surface area contributed by atoms with Gasteiger partial charge in [-0.3, -0.25) is 24.0 Å². The van der Waals surface area contributed by atoms with Crippen LogP contribution in [0.25, 0.3) is 0 Å². The topological polar surface area (TPSA) is 115 Å². The maximum absolute atomic E-state index is 8.42. The van der Waals surface area contributed by atoms with E-state index in [1.807, 2.05) is 4.23 Å². The Hall–Kier alpha value is -1.54. The van der Waals surface area contributed by atoms with Gasteiger partial charge in [0.2, 0.25) is 0 Å². The van der Waals surface area contributed by atoms with Crippen molar-refractivity contribution in [2.75, 3.05) is 0 Å². The van der Waals surface area contributed by atoms with Crippen LogP contribution < -0.4 is 0 Å². The monoisotopic (exact) mass is 229 g/mol. The Labute approximate surface area is 83.6 Å². The number of hydrogen-bond donors (Lipinski definition) is 0. The third-order valence-electron chi connectivity index (χ3n) is 0. The zero-order chi connectivity index (χ0) is 12.7. The Bertz CT molecular complexity index is 55.4. The van der Waals surface area contributed by atoms with Crippen molar-refractivity contribution in [1.29, 1.82) is 0 Å². The maximum atomic E-state index is 8.42. The number of carbonyl (C=O) groups excluding carboxylic acids is 5. The van der Waals surface area contributed by atoms with Crippen LogP contribution in [-0.2, 0) is 39.9 Å². The van der Waals surface area contributed by atoms with Gasteiger partial charge < -0.3 is 0 Å². The second-order valence-corrected chi connectivity index (χ2v) is 0.251. The fourth-order valence-electron chi connectivity index (χ4n) is 0. The van der Waals surface area contributed by atoms with Crippen molar-refractivity contribution < 1.29 is 39.9 Å². The summed E-state index contributed by atoms with van der Waals surface area (Å²) < 4.78 is 1.94. The van der Waals surface area contributed by atoms with Crippen molar-refractivity contribution in [3.8, 4) is 0 Å². The first-order valence-electron chi connectivity index (χ1n) is 1.35. The molecule has 8 heteroatoms. The molecule has 0 rings (SSSR count). The van der Waals surface area contributed by atoms with Crippen LogP contribution in [0.3, 0.4) is 0 Å². The standard InChI is InChI=1S/5CO.Co.NO/c5*1-2;;1-2/q;;;;;+1;-1. The summed E-state index contributed by atoms with van der Waals surface area (Å²) in [7, 11) is 0. The normalized spacial score (nSPS) is 2.62. The van der Waals surface area contributed by atoms with Crippen molar-refractivity contribution in [2.24, 2.45) is 4.23 Å². The smallest absolute Gasteiger partial charge is 0.281 e. The Morgan fingerprint density at radius 2 is 0.615 bits per heavy atom. The molecular weight excluding hydrogens is 229 g/mol. The molecule has 0 atom stereocenters. The average molecular weight is 229 g/mol. The third kappa shape index (κ3) is 314. The zero-order valence-corrected chi connectivity index (χ0v) is 6.77. The van der Waals surface area contributed by atoms with Gasteiger partial charge in [-0.15, -0.1) is 0 Å². The van der Waals surface area contributed by atoms with Crippen LogP contribution in [0.1, 0.15) is 0 Å². The molecule has 10 radical (unpaired) electrons. The SMILES string of the molecule is O=[N][Co].[C]=O.[C]=O.[C]=O.[C]=O.[C]=O. The second kappa shape index (κ2) is 3170. The molecular formula is C5CoNO6. The molecule has 70 valence electrons. The summed E-state index contributed by atoms with van der Waals surface area (Å²) in [6, 6.07) is 0. The van der Waals surface area contributed by atoms with Gasteiger partial charge in [0.05, 0.1) is 0 Å². The Morgan fingerprint density at radius 3 is 0.615 bits per heavy atom. The molecule has 13 heavy (non-hydrogen) atoms. The van der Waals surface area contributed by atoms with E-state index in [-0.39, 0.29) is 0 Å². The van der Waals surface area contributed by atoms with E-state index in [1.165, 1.54) is 0 Å². The zero-order valence-electron chi connectivity index (χ0n) is 5.73. The molecule has 0 saturated carbocycles. The fraction of sp³-hybridized carbons (Fsp3) is 0. The maximum Gasteiger partial charge on any atom is 0.281 e. The van der Waals surface area contributed by atoms with E-state index >= 15 is 0 Å². The molecule has 0 amide bonds. The fourth-order valence-corrected chi connectivity index (χ4v) is 0. The minimum atomic E-state index is 1.94. The van der Waals surface area contributed by atoms with Gasteiger partial charge in [0, 0.05) is 0 Å². The predicted octanol–water partition coefficient (Wildman–Crippen LogP) is -1.77. The molecule has 0 saturated heterocycles. The molecule has 0 aromatic heterocycles. The third-order valence-corrected chi connectivity index (χ3v) is 0. The Morgan fingerprint density at radius 1 is 0.615 bits per heavy atom. The molecule has 0 unspecified atom stereocenters. The van der Waals surface area contributed by atoms with Gasteiger partial charge in [-0.05, 0) is 0 Å². The van der Waals surface area contributed by atoms with E-state index < -0.39 is 0 Å². The summed E-state index contributed by atoms with van der Waals surface area (Å²) in [5, 5.41) is 0. The molecule has 0 aromatic carbocycles. The van der Waals surface area contributed by atoms with Gasteiger partial charge in [-0.1, -0.05) is 0 Å². The Balaban J connectivity index is -0.0000000115. The number of rotatable bonds is 0. The largest absolute Gasteiger partial charge is 0.281 e. The minimum Gasteiger partial charge on any atom is -0.281 e. The van der Waals surface area contributed by atoms with Gasteiger partial charge in [0.1, 0.15) is 0 Å². The van der Waals surface area contributed by atoms with Crippen LogP contribution in [0.5, 0.6) is 0 Å². The number of nitrogens with zero attached hydrogens (tertiary/aromatic N) is 1. The summed E-state index contributed by atoms with van der Waals surface area (Å²) in [6.45, 7) is 22.5. The molecule has 0 heterocycles. The van der Waals surface area contributed by atoms with Crippen molar-refractivity contribution in [3.05, 3.63) is 4.91 Å².